The van der Waals surface area contributed by atoms with E-state index >= 15 is 0 Å². The summed E-state index contributed by atoms with van der Waals surface area (Å²) in [4.78, 5) is 35.2. The lowest BCUT2D eigenvalue weighted by Crippen LogP contribution is -2.40. The van der Waals surface area contributed by atoms with E-state index in [1.54, 1.807) is 18.2 Å². The van der Waals surface area contributed by atoms with Gasteiger partial charge in [-0.1, -0.05) is 6.07 Å². The van der Waals surface area contributed by atoms with Crippen LogP contribution >= 0.6 is 15.9 Å². The van der Waals surface area contributed by atoms with Gasteiger partial charge < -0.3 is 9.47 Å². The van der Waals surface area contributed by atoms with E-state index in [1.165, 1.54) is 24.3 Å². The molecule has 3 aromatic rings. The standard InChI is InChI=1S/C20H14BrF3N2O5/c1-25-17(20(22,23)24)11-18(28)26(19(25)29)12-5-6-15(21)16(9-12)31-14-4-2-3-13(10-14)30-8-7-27/h2-7,9-11H,8H2,1H3. The number of hydrogen-bond acceptors (Lipinski definition) is 5. The fourth-order valence-electron chi connectivity index (χ4n) is 2.73. The Kier molecular flexibility index (Phi) is 6.34. The van der Waals surface area contributed by atoms with Crippen LogP contribution in [0.1, 0.15) is 5.69 Å². The molecule has 1 heterocycles. The van der Waals surface area contributed by atoms with Gasteiger partial charge in [0, 0.05) is 25.2 Å². The number of benzene rings is 2. The van der Waals surface area contributed by atoms with Gasteiger partial charge in [0.25, 0.3) is 5.56 Å². The molecule has 2 aromatic carbocycles. The molecule has 0 fully saturated rings. The molecule has 0 spiro atoms. The number of hydrogen-bond donors (Lipinski definition) is 0. The van der Waals surface area contributed by atoms with Crippen molar-refractivity contribution in [1.29, 1.82) is 0 Å². The number of carbonyl (C=O) groups is 1. The lowest BCUT2D eigenvalue weighted by molar-refractivity contribution is -0.144. The van der Waals surface area contributed by atoms with Crippen LogP contribution in [-0.2, 0) is 18.0 Å². The van der Waals surface area contributed by atoms with Gasteiger partial charge in [-0.15, -0.1) is 0 Å². The summed E-state index contributed by atoms with van der Waals surface area (Å²) in [5.41, 5.74) is -3.62. The van der Waals surface area contributed by atoms with Gasteiger partial charge in [0.2, 0.25) is 0 Å². The highest BCUT2D eigenvalue weighted by molar-refractivity contribution is 9.10. The molecule has 0 amide bonds. The molecule has 0 aliphatic heterocycles. The van der Waals surface area contributed by atoms with Crippen LogP contribution in [0.25, 0.3) is 5.69 Å². The van der Waals surface area contributed by atoms with Crippen LogP contribution in [0.2, 0.25) is 0 Å². The summed E-state index contributed by atoms with van der Waals surface area (Å²) in [6, 6.07) is 10.9. The molecule has 0 aliphatic rings. The monoisotopic (exact) mass is 498 g/mol. The summed E-state index contributed by atoms with van der Waals surface area (Å²) in [7, 11) is 0.933. The Morgan fingerprint density at radius 1 is 1.06 bits per heavy atom. The van der Waals surface area contributed by atoms with Crippen molar-refractivity contribution in [2.24, 2.45) is 7.05 Å². The maximum Gasteiger partial charge on any atom is 0.431 e. The topological polar surface area (TPSA) is 79.5 Å². The first-order valence-corrected chi connectivity index (χ1v) is 9.45. The number of nitrogens with zero attached hydrogens (tertiary/aromatic N) is 2. The van der Waals surface area contributed by atoms with E-state index < -0.39 is 23.1 Å². The minimum atomic E-state index is -4.85. The van der Waals surface area contributed by atoms with Gasteiger partial charge in [-0.3, -0.25) is 14.2 Å². The zero-order valence-electron chi connectivity index (χ0n) is 15.9. The van der Waals surface area contributed by atoms with Crippen LogP contribution in [-0.4, -0.2) is 22.0 Å². The van der Waals surface area contributed by atoms with E-state index in [0.717, 1.165) is 7.05 Å². The van der Waals surface area contributed by atoms with Gasteiger partial charge in [-0.2, -0.15) is 13.2 Å². The van der Waals surface area contributed by atoms with Crippen LogP contribution in [0.5, 0.6) is 17.2 Å². The smallest absolute Gasteiger partial charge is 0.431 e. The van der Waals surface area contributed by atoms with Crippen molar-refractivity contribution in [2.75, 3.05) is 6.61 Å². The predicted molar refractivity (Wildman–Crippen MR) is 108 cm³/mol. The normalized spacial score (nSPS) is 11.3. The molecule has 11 heteroatoms. The van der Waals surface area contributed by atoms with E-state index in [4.69, 9.17) is 9.47 Å². The molecule has 7 nitrogen and oxygen atoms in total. The molecule has 0 radical (unpaired) electrons. The summed E-state index contributed by atoms with van der Waals surface area (Å²) < 4.78 is 51.5. The third kappa shape index (κ3) is 4.88. The molecule has 0 saturated carbocycles. The molecule has 31 heavy (non-hydrogen) atoms. The van der Waals surface area contributed by atoms with Gasteiger partial charge in [-0.25, -0.2) is 9.36 Å². The second-order valence-corrected chi connectivity index (χ2v) is 7.07. The maximum absolute atomic E-state index is 13.0. The number of aromatic nitrogens is 2. The van der Waals surface area contributed by atoms with Gasteiger partial charge in [-0.05, 0) is 40.2 Å². The Morgan fingerprint density at radius 2 is 1.77 bits per heavy atom. The van der Waals surface area contributed by atoms with Gasteiger partial charge in [0.05, 0.1) is 10.2 Å². The average Bonchev–Trinajstić information content (AvgIpc) is 2.71. The molecule has 0 N–H and O–H groups in total. The molecule has 1 aromatic heterocycles. The van der Waals surface area contributed by atoms with Gasteiger partial charge in [0.15, 0.2) is 6.29 Å². The summed E-state index contributed by atoms with van der Waals surface area (Å²) in [6.07, 6.45) is -4.26. The average molecular weight is 499 g/mol. The molecule has 3 rings (SSSR count). The number of rotatable bonds is 6. The fourth-order valence-corrected chi connectivity index (χ4v) is 3.06. The predicted octanol–water partition coefficient (Wildman–Crippen LogP) is 3.69. The highest BCUT2D eigenvalue weighted by Crippen LogP contribution is 2.33. The third-order valence-corrected chi connectivity index (χ3v) is 4.79. The van der Waals surface area contributed by atoms with E-state index in [1.807, 2.05) is 0 Å². The van der Waals surface area contributed by atoms with Crippen molar-refractivity contribution >= 4 is 22.2 Å². The van der Waals surface area contributed by atoms with Crippen LogP contribution in [0, 0.1) is 0 Å². The summed E-state index contributed by atoms with van der Waals surface area (Å²) in [6.45, 7) is -0.136. The Balaban J connectivity index is 2.03. The lowest BCUT2D eigenvalue weighted by Gasteiger charge is -2.15. The number of carbonyl (C=O) groups excluding carboxylic acids is 1. The van der Waals surface area contributed by atoms with Crippen molar-refractivity contribution in [3.05, 3.63) is 79.5 Å². The summed E-state index contributed by atoms with van der Waals surface area (Å²) in [5.74, 6) is 0.900. The van der Waals surface area contributed by atoms with Crippen LogP contribution < -0.4 is 20.7 Å². The van der Waals surface area contributed by atoms with E-state index in [9.17, 15) is 27.6 Å². The fraction of sp³-hybridized carbons (Fsp3) is 0.150. The number of alkyl halides is 3. The van der Waals surface area contributed by atoms with Gasteiger partial charge >= 0.3 is 11.9 Å². The summed E-state index contributed by atoms with van der Waals surface area (Å²) >= 11 is 3.29. The SMILES string of the molecule is Cn1c(C(F)(F)F)cc(=O)n(-c2ccc(Br)c(Oc3cccc(OCC=O)c3)c2)c1=O. The second kappa shape index (κ2) is 8.80. The number of aldehydes is 1. The zero-order chi connectivity index (χ0) is 22.8. The molecule has 0 saturated heterocycles. The zero-order valence-corrected chi connectivity index (χ0v) is 17.4. The number of ether oxygens (including phenoxy) is 2. The Bertz CT molecular complexity index is 1250. The molecule has 0 unspecified atom stereocenters. The first-order valence-electron chi connectivity index (χ1n) is 8.66. The Labute approximate surface area is 181 Å². The number of halogens is 4. The van der Waals surface area contributed by atoms with E-state index in [-0.39, 0.29) is 18.0 Å². The quantitative estimate of drug-likeness (QED) is 0.484. The first kappa shape index (κ1) is 22.3. The first-order chi connectivity index (χ1) is 14.6. The van der Waals surface area contributed by atoms with Crippen molar-refractivity contribution in [3.8, 4) is 22.9 Å². The second-order valence-electron chi connectivity index (χ2n) is 6.21. The Hall–Kier alpha value is -3.34. The molecule has 0 atom stereocenters. The van der Waals surface area contributed by atoms with Crippen LogP contribution in [0.3, 0.4) is 0 Å². The van der Waals surface area contributed by atoms with E-state index in [0.29, 0.717) is 37.5 Å². The third-order valence-electron chi connectivity index (χ3n) is 4.13. The Morgan fingerprint density at radius 3 is 2.45 bits per heavy atom. The lowest BCUT2D eigenvalue weighted by atomic mass is 10.2. The molecule has 0 aliphatic carbocycles. The molecule has 162 valence electrons. The minimum absolute atomic E-state index is 0.0193. The van der Waals surface area contributed by atoms with Crippen molar-refractivity contribution in [3.63, 3.8) is 0 Å². The van der Waals surface area contributed by atoms with Crippen molar-refractivity contribution in [2.45, 2.75) is 6.18 Å². The highest BCUT2D eigenvalue weighted by Gasteiger charge is 2.35. The van der Waals surface area contributed by atoms with Crippen molar-refractivity contribution < 1.29 is 27.4 Å². The maximum atomic E-state index is 13.0. The van der Waals surface area contributed by atoms with E-state index in [2.05, 4.69) is 15.9 Å². The van der Waals surface area contributed by atoms with Crippen LogP contribution in [0.4, 0.5) is 13.2 Å². The van der Waals surface area contributed by atoms with Gasteiger partial charge in [0.1, 0.15) is 29.5 Å². The molecule has 0 bridgehead atoms. The minimum Gasteiger partial charge on any atom is -0.486 e. The molecular formula is C20H14BrF3N2O5. The van der Waals surface area contributed by atoms with Crippen molar-refractivity contribution in [1.82, 2.24) is 9.13 Å². The van der Waals surface area contributed by atoms with Crippen LogP contribution in [0.15, 0.2) is 62.6 Å². The largest absolute Gasteiger partial charge is 0.486 e. The highest BCUT2D eigenvalue weighted by atomic mass is 79.9. The molecular weight excluding hydrogens is 485 g/mol. The summed E-state index contributed by atoms with van der Waals surface area (Å²) in [5, 5.41) is 0.